The number of para-hydroxylation sites is 1. The van der Waals surface area contributed by atoms with Crippen LogP contribution in [0.5, 0.6) is 5.75 Å². The second-order valence-electron chi connectivity index (χ2n) is 5.41. The maximum Gasteiger partial charge on any atom is 0.309 e. The van der Waals surface area contributed by atoms with Crippen molar-refractivity contribution in [2.75, 3.05) is 6.61 Å². The minimum absolute atomic E-state index is 0.401. The van der Waals surface area contributed by atoms with Crippen molar-refractivity contribution in [1.29, 1.82) is 0 Å². The van der Waals surface area contributed by atoms with Crippen LogP contribution in [0, 0.1) is 5.41 Å². The zero-order chi connectivity index (χ0) is 12.6. The van der Waals surface area contributed by atoms with Crippen LogP contribution in [0.4, 0.5) is 0 Å². The van der Waals surface area contributed by atoms with E-state index < -0.39 is 11.4 Å². The molecule has 1 aromatic rings. The smallest absolute Gasteiger partial charge is 0.309 e. The summed E-state index contributed by atoms with van der Waals surface area (Å²) in [7, 11) is 0. The first kappa shape index (κ1) is 12.0. The molecule has 1 N–H and O–H groups in total. The number of ether oxygens (including phenoxy) is 1. The van der Waals surface area contributed by atoms with E-state index in [9.17, 15) is 4.79 Å². The molecule has 1 heterocycles. The summed E-state index contributed by atoms with van der Waals surface area (Å²) in [5, 5.41) is 9.16. The number of benzene rings is 1. The molecule has 0 fully saturated rings. The van der Waals surface area contributed by atoms with E-state index in [0.717, 1.165) is 11.3 Å². The third-order valence-electron chi connectivity index (χ3n) is 3.35. The van der Waals surface area contributed by atoms with Gasteiger partial charge in [0, 0.05) is 11.5 Å². The minimum atomic E-state index is -0.777. The van der Waals surface area contributed by atoms with Crippen molar-refractivity contribution < 1.29 is 14.6 Å². The lowest BCUT2D eigenvalue weighted by atomic mass is 9.84. The summed E-state index contributed by atoms with van der Waals surface area (Å²) in [6, 6.07) is 6.00. The molecule has 92 valence electrons. The number of carboxylic acids is 1. The number of hydrogen-bond acceptors (Lipinski definition) is 2. The SMILES string of the molecule is CC1COc2c(CC(C)(C)C(=O)O)cccc21. The fourth-order valence-corrected chi connectivity index (χ4v) is 2.16. The van der Waals surface area contributed by atoms with Crippen molar-refractivity contribution in [3.8, 4) is 5.75 Å². The first-order valence-corrected chi connectivity index (χ1v) is 5.90. The van der Waals surface area contributed by atoms with Crippen LogP contribution in [0.15, 0.2) is 18.2 Å². The van der Waals surface area contributed by atoms with Gasteiger partial charge >= 0.3 is 5.97 Å². The minimum Gasteiger partial charge on any atom is -0.492 e. The average molecular weight is 234 g/mol. The number of aliphatic carboxylic acids is 1. The van der Waals surface area contributed by atoms with E-state index in [4.69, 9.17) is 9.84 Å². The molecule has 3 nitrogen and oxygen atoms in total. The van der Waals surface area contributed by atoms with Gasteiger partial charge in [0.25, 0.3) is 0 Å². The first-order valence-electron chi connectivity index (χ1n) is 5.90. The lowest BCUT2D eigenvalue weighted by molar-refractivity contribution is -0.146. The standard InChI is InChI=1S/C14H18O3/c1-9-8-17-12-10(5-4-6-11(9)12)7-14(2,3)13(15)16/h4-6,9H,7-8H2,1-3H3,(H,15,16). The van der Waals surface area contributed by atoms with Crippen molar-refractivity contribution in [2.24, 2.45) is 5.41 Å². The summed E-state index contributed by atoms with van der Waals surface area (Å²) in [5.74, 6) is 0.522. The van der Waals surface area contributed by atoms with Gasteiger partial charge in [-0.25, -0.2) is 0 Å². The largest absolute Gasteiger partial charge is 0.492 e. The van der Waals surface area contributed by atoms with Crippen molar-refractivity contribution in [3.05, 3.63) is 29.3 Å². The molecule has 0 saturated heterocycles. The lowest BCUT2D eigenvalue weighted by Crippen LogP contribution is -2.26. The molecule has 0 aliphatic carbocycles. The first-order chi connectivity index (χ1) is 7.92. The highest BCUT2D eigenvalue weighted by Gasteiger charge is 2.31. The van der Waals surface area contributed by atoms with Gasteiger partial charge in [-0.05, 0) is 25.8 Å². The van der Waals surface area contributed by atoms with Gasteiger partial charge < -0.3 is 9.84 Å². The van der Waals surface area contributed by atoms with E-state index in [1.807, 2.05) is 12.1 Å². The van der Waals surface area contributed by atoms with Gasteiger partial charge in [-0.15, -0.1) is 0 Å². The van der Waals surface area contributed by atoms with Crippen LogP contribution in [-0.2, 0) is 11.2 Å². The zero-order valence-electron chi connectivity index (χ0n) is 10.5. The van der Waals surface area contributed by atoms with Crippen LogP contribution < -0.4 is 4.74 Å². The summed E-state index contributed by atoms with van der Waals surface area (Å²) < 4.78 is 5.67. The van der Waals surface area contributed by atoms with Gasteiger partial charge in [0.2, 0.25) is 0 Å². The molecule has 0 spiro atoms. The van der Waals surface area contributed by atoms with Gasteiger partial charge in [-0.2, -0.15) is 0 Å². The second kappa shape index (κ2) is 4.06. The Morgan fingerprint density at radius 2 is 2.24 bits per heavy atom. The number of carbonyl (C=O) groups is 1. The number of rotatable bonds is 3. The molecule has 0 saturated carbocycles. The molecule has 3 heteroatoms. The van der Waals surface area contributed by atoms with Crippen molar-refractivity contribution >= 4 is 5.97 Å². The molecule has 0 radical (unpaired) electrons. The summed E-state index contributed by atoms with van der Waals surface area (Å²) in [6.07, 6.45) is 0.498. The number of hydrogen-bond donors (Lipinski definition) is 1. The Morgan fingerprint density at radius 3 is 2.88 bits per heavy atom. The predicted molar refractivity (Wildman–Crippen MR) is 65.5 cm³/mol. The molecule has 0 amide bonds. The van der Waals surface area contributed by atoms with Gasteiger partial charge in [0.05, 0.1) is 12.0 Å². The molecule has 1 aliphatic rings. The van der Waals surface area contributed by atoms with Gasteiger partial charge in [-0.3, -0.25) is 4.79 Å². The van der Waals surface area contributed by atoms with Crippen molar-refractivity contribution in [2.45, 2.75) is 33.1 Å². The molecule has 1 unspecified atom stereocenters. The second-order valence-corrected chi connectivity index (χ2v) is 5.41. The Hall–Kier alpha value is -1.51. The Labute approximate surface area is 101 Å². The lowest BCUT2D eigenvalue weighted by Gasteiger charge is -2.20. The van der Waals surface area contributed by atoms with Crippen molar-refractivity contribution in [3.63, 3.8) is 0 Å². The Balaban J connectivity index is 2.33. The van der Waals surface area contributed by atoms with Crippen LogP contribution in [0.3, 0.4) is 0 Å². The maximum absolute atomic E-state index is 11.1. The van der Waals surface area contributed by atoms with E-state index in [-0.39, 0.29) is 0 Å². The van der Waals surface area contributed by atoms with Crippen LogP contribution in [0.1, 0.15) is 37.8 Å². The van der Waals surface area contributed by atoms with Crippen molar-refractivity contribution in [1.82, 2.24) is 0 Å². The van der Waals surface area contributed by atoms with Crippen LogP contribution in [0.2, 0.25) is 0 Å². The highest BCUT2D eigenvalue weighted by molar-refractivity contribution is 5.74. The monoisotopic (exact) mass is 234 g/mol. The van der Waals surface area contributed by atoms with E-state index in [0.29, 0.717) is 18.9 Å². The summed E-state index contributed by atoms with van der Waals surface area (Å²) in [5.41, 5.74) is 1.44. The molecular weight excluding hydrogens is 216 g/mol. The van der Waals surface area contributed by atoms with Gasteiger partial charge in [0.15, 0.2) is 0 Å². The molecule has 0 aromatic heterocycles. The van der Waals surface area contributed by atoms with E-state index in [2.05, 4.69) is 13.0 Å². The fraction of sp³-hybridized carbons (Fsp3) is 0.500. The maximum atomic E-state index is 11.1. The van der Waals surface area contributed by atoms with Crippen LogP contribution in [-0.4, -0.2) is 17.7 Å². The van der Waals surface area contributed by atoms with Gasteiger partial charge in [-0.1, -0.05) is 25.1 Å². The Bertz CT molecular complexity index is 449. The summed E-state index contributed by atoms with van der Waals surface area (Å²) in [6.45, 7) is 6.30. The summed E-state index contributed by atoms with van der Waals surface area (Å²) in [4.78, 5) is 11.1. The highest BCUT2D eigenvalue weighted by Crippen LogP contribution is 2.38. The van der Waals surface area contributed by atoms with E-state index in [1.54, 1.807) is 13.8 Å². The molecule has 2 rings (SSSR count). The van der Waals surface area contributed by atoms with Crippen LogP contribution in [0.25, 0.3) is 0 Å². The fourth-order valence-electron chi connectivity index (χ4n) is 2.16. The topological polar surface area (TPSA) is 46.5 Å². The van der Waals surface area contributed by atoms with E-state index >= 15 is 0 Å². The Kier molecular flexibility index (Phi) is 2.86. The molecule has 1 aromatic carbocycles. The van der Waals surface area contributed by atoms with Gasteiger partial charge in [0.1, 0.15) is 5.75 Å². The normalized spacial score (nSPS) is 18.6. The quantitative estimate of drug-likeness (QED) is 0.874. The average Bonchev–Trinajstić information content (AvgIpc) is 2.61. The molecular formula is C14H18O3. The summed E-state index contributed by atoms with van der Waals surface area (Å²) >= 11 is 0. The Morgan fingerprint density at radius 1 is 1.53 bits per heavy atom. The van der Waals surface area contributed by atoms with Crippen LogP contribution >= 0.6 is 0 Å². The molecule has 17 heavy (non-hydrogen) atoms. The number of carboxylic acid groups (broad SMARTS) is 1. The molecule has 0 bridgehead atoms. The highest BCUT2D eigenvalue weighted by atomic mass is 16.5. The third-order valence-corrected chi connectivity index (χ3v) is 3.35. The molecule has 1 aliphatic heterocycles. The molecule has 1 atom stereocenters. The zero-order valence-corrected chi connectivity index (χ0v) is 10.5. The third kappa shape index (κ3) is 2.14. The predicted octanol–water partition coefficient (Wildman–Crippen LogP) is 2.84. The number of fused-ring (bicyclic) bond motifs is 1. The van der Waals surface area contributed by atoms with E-state index in [1.165, 1.54) is 5.56 Å².